The minimum absolute atomic E-state index is 0.0444. The monoisotopic (exact) mass is 334 g/mol. The Balaban J connectivity index is 1.73. The molecule has 0 aliphatic carbocycles. The van der Waals surface area contributed by atoms with Gasteiger partial charge in [-0.2, -0.15) is 0 Å². The van der Waals surface area contributed by atoms with E-state index in [1.807, 2.05) is 6.07 Å². The summed E-state index contributed by atoms with van der Waals surface area (Å²) in [5.41, 5.74) is 0.301. The molecule has 0 radical (unpaired) electrons. The molecule has 0 aromatic heterocycles. The summed E-state index contributed by atoms with van der Waals surface area (Å²) in [6.07, 6.45) is 3.22. The van der Waals surface area contributed by atoms with Gasteiger partial charge in [-0.3, -0.25) is 0 Å². The highest BCUT2D eigenvalue weighted by Crippen LogP contribution is 2.59. The van der Waals surface area contributed by atoms with Crippen molar-refractivity contribution >= 4 is 0 Å². The highest BCUT2D eigenvalue weighted by molar-refractivity contribution is 5.17. The molecule has 0 N–H and O–H groups in total. The maximum atomic E-state index is 13.8. The van der Waals surface area contributed by atoms with Gasteiger partial charge in [0.1, 0.15) is 5.82 Å². The summed E-state index contributed by atoms with van der Waals surface area (Å²) in [6.45, 7) is 11.6. The lowest BCUT2D eigenvalue weighted by atomic mass is 9.66. The Bertz CT molecular complexity index is 585. The molecule has 2 aliphatic rings. The van der Waals surface area contributed by atoms with Gasteiger partial charge < -0.3 is 9.47 Å². The Morgan fingerprint density at radius 3 is 2.54 bits per heavy atom. The number of hydrogen-bond donors (Lipinski definition) is 0. The summed E-state index contributed by atoms with van der Waals surface area (Å²) in [5.74, 6) is 1.54. The first-order valence-electron chi connectivity index (χ1n) is 9.32. The van der Waals surface area contributed by atoms with Gasteiger partial charge in [0.25, 0.3) is 0 Å². The normalized spacial score (nSPS) is 35.3. The topological polar surface area (TPSA) is 18.5 Å². The highest BCUT2D eigenvalue weighted by atomic mass is 19.1. The van der Waals surface area contributed by atoms with Gasteiger partial charge in [0.2, 0.25) is 0 Å². The third-order valence-corrected chi connectivity index (χ3v) is 6.08. The van der Waals surface area contributed by atoms with Crippen LogP contribution in [0.3, 0.4) is 0 Å². The number of benzene rings is 1. The van der Waals surface area contributed by atoms with Crippen LogP contribution in [0, 0.1) is 23.6 Å². The van der Waals surface area contributed by atoms with E-state index in [9.17, 15) is 4.39 Å². The number of ether oxygens (including phenoxy) is 2. The van der Waals surface area contributed by atoms with Crippen molar-refractivity contribution in [3.63, 3.8) is 0 Å². The number of rotatable bonds is 6. The predicted molar refractivity (Wildman–Crippen MR) is 94.2 cm³/mol. The van der Waals surface area contributed by atoms with E-state index in [2.05, 4.69) is 34.6 Å². The Morgan fingerprint density at radius 2 is 1.92 bits per heavy atom. The second-order valence-electron chi connectivity index (χ2n) is 8.65. The van der Waals surface area contributed by atoms with Gasteiger partial charge in [-0.15, -0.1) is 0 Å². The van der Waals surface area contributed by atoms with Crippen molar-refractivity contribution in [2.24, 2.45) is 17.8 Å². The summed E-state index contributed by atoms with van der Waals surface area (Å²) in [4.78, 5) is 0. The van der Waals surface area contributed by atoms with Gasteiger partial charge in [-0.25, -0.2) is 4.39 Å². The van der Waals surface area contributed by atoms with Gasteiger partial charge in [0.15, 0.2) is 0 Å². The maximum absolute atomic E-state index is 13.8. The number of halogens is 1. The third-order valence-electron chi connectivity index (χ3n) is 6.08. The highest BCUT2D eigenvalue weighted by Gasteiger charge is 2.65. The van der Waals surface area contributed by atoms with E-state index in [4.69, 9.17) is 9.47 Å². The average Bonchev–Trinajstić information content (AvgIpc) is 2.94. The van der Waals surface area contributed by atoms with E-state index in [1.165, 1.54) is 12.5 Å². The fourth-order valence-electron chi connectivity index (χ4n) is 4.85. The Kier molecular flexibility index (Phi) is 4.78. The molecule has 2 aliphatic heterocycles. The summed E-state index contributed by atoms with van der Waals surface area (Å²) in [7, 11) is 0. The zero-order valence-corrected chi connectivity index (χ0v) is 15.6. The molecule has 2 saturated heterocycles. The second-order valence-corrected chi connectivity index (χ2v) is 8.65. The quantitative estimate of drug-likeness (QED) is 0.698. The summed E-state index contributed by atoms with van der Waals surface area (Å²) in [5, 5.41) is 0. The van der Waals surface area contributed by atoms with E-state index in [0.717, 1.165) is 12.8 Å². The first kappa shape index (κ1) is 17.9. The maximum Gasteiger partial charge on any atom is 0.128 e. The molecule has 1 unspecified atom stereocenters. The number of hydrogen-bond acceptors (Lipinski definition) is 2. The molecular formula is C21H31FO2. The van der Waals surface area contributed by atoms with Gasteiger partial charge in [0.05, 0.1) is 23.9 Å². The first-order valence-corrected chi connectivity index (χ1v) is 9.32. The van der Waals surface area contributed by atoms with E-state index >= 15 is 0 Å². The second kappa shape index (κ2) is 6.42. The van der Waals surface area contributed by atoms with Gasteiger partial charge in [-0.05, 0) is 43.6 Å². The standard InChI is InChI=1S/C21H31FO2/c1-14(2)10-17-11-20(5)19(12-21(17,24-20)15(3)4)23-13-16-8-6-7-9-18(16)22/h6-9,14-15,17,19H,10-13H2,1-5H3/t17?,19-,20+,21-/m1/s1. The Labute approximate surface area is 145 Å². The molecule has 3 rings (SSSR count). The molecular weight excluding hydrogens is 303 g/mol. The molecule has 2 fully saturated rings. The molecule has 4 atom stereocenters. The van der Waals surface area contributed by atoms with Crippen molar-refractivity contribution in [1.82, 2.24) is 0 Å². The van der Waals surface area contributed by atoms with E-state index in [-0.39, 0.29) is 23.1 Å². The van der Waals surface area contributed by atoms with Crippen LogP contribution >= 0.6 is 0 Å². The molecule has 0 amide bonds. The van der Waals surface area contributed by atoms with Gasteiger partial charge in [0, 0.05) is 12.0 Å². The van der Waals surface area contributed by atoms with Crippen molar-refractivity contribution in [3.8, 4) is 0 Å². The molecule has 0 spiro atoms. The molecule has 2 heterocycles. The van der Waals surface area contributed by atoms with Crippen LogP contribution in [0.15, 0.2) is 24.3 Å². The third kappa shape index (κ3) is 3.01. The zero-order chi connectivity index (χ0) is 17.5. The smallest absolute Gasteiger partial charge is 0.128 e. The minimum Gasteiger partial charge on any atom is -0.370 e. The SMILES string of the molecule is CC(C)CC1C[C@]2(C)O[C@@]1(C(C)C)C[C@H]2OCc1ccccc1F. The van der Waals surface area contributed by atoms with E-state index in [0.29, 0.717) is 29.9 Å². The van der Waals surface area contributed by atoms with Gasteiger partial charge >= 0.3 is 0 Å². The molecule has 0 saturated carbocycles. The molecule has 1 aromatic rings. The largest absolute Gasteiger partial charge is 0.370 e. The average molecular weight is 334 g/mol. The summed E-state index contributed by atoms with van der Waals surface area (Å²) >= 11 is 0. The predicted octanol–water partition coefficient (Wildman–Crippen LogP) is 5.35. The van der Waals surface area contributed by atoms with Crippen LogP contribution < -0.4 is 0 Å². The van der Waals surface area contributed by atoms with Crippen molar-refractivity contribution in [2.45, 2.75) is 77.8 Å². The lowest BCUT2D eigenvalue weighted by Crippen LogP contribution is -2.44. The van der Waals surface area contributed by atoms with Crippen LogP contribution in [0.1, 0.15) is 59.4 Å². The Hall–Kier alpha value is -0.930. The van der Waals surface area contributed by atoms with E-state index in [1.54, 1.807) is 12.1 Å². The van der Waals surface area contributed by atoms with Crippen molar-refractivity contribution in [3.05, 3.63) is 35.6 Å². The lowest BCUT2D eigenvalue weighted by Gasteiger charge is -2.39. The molecule has 24 heavy (non-hydrogen) atoms. The molecule has 3 heteroatoms. The fourth-order valence-corrected chi connectivity index (χ4v) is 4.85. The van der Waals surface area contributed by atoms with Crippen LogP contribution in [0.4, 0.5) is 4.39 Å². The summed E-state index contributed by atoms with van der Waals surface area (Å²) < 4.78 is 26.6. The van der Waals surface area contributed by atoms with Crippen LogP contribution in [0.5, 0.6) is 0 Å². The van der Waals surface area contributed by atoms with Gasteiger partial charge in [-0.1, -0.05) is 45.9 Å². The van der Waals surface area contributed by atoms with E-state index < -0.39 is 0 Å². The summed E-state index contributed by atoms with van der Waals surface area (Å²) in [6, 6.07) is 6.86. The van der Waals surface area contributed by atoms with Crippen LogP contribution in [0.25, 0.3) is 0 Å². The van der Waals surface area contributed by atoms with Crippen molar-refractivity contribution in [1.29, 1.82) is 0 Å². The van der Waals surface area contributed by atoms with Crippen LogP contribution in [-0.4, -0.2) is 17.3 Å². The zero-order valence-electron chi connectivity index (χ0n) is 15.6. The fraction of sp³-hybridized carbons (Fsp3) is 0.714. The molecule has 2 nitrogen and oxygen atoms in total. The van der Waals surface area contributed by atoms with Crippen LogP contribution in [0.2, 0.25) is 0 Å². The Morgan fingerprint density at radius 1 is 1.21 bits per heavy atom. The molecule has 1 aromatic carbocycles. The minimum atomic E-state index is -0.241. The van der Waals surface area contributed by atoms with Crippen molar-refractivity contribution in [2.75, 3.05) is 0 Å². The first-order chi connectivity index (χ1) is 11.3. The number of fused-ring (bicyclic) bond motifs is 2. The van der Waals surface area contributed by atoms with Crippen molar-refractivity contribution < 1.29 is 13.9 Å². The molecule has 2 bridgehead atoms. The lowest BCUT2D eigenvalue weighted by molar-refractivity contribution is -0.101. The van der Waals surface area contributed by atoms with Crippen LogP contribution in [-0.2, 0) is 16.1 Å². The molecule has 134 valence electrons.